The summed E-state index contributed by atoms with van der Waals surface area (Å²) in [6, 6.07) is 4.26. The van der Waals surface area contributed by atoms with Crippen LogP contribution in [0.2, 0.25) is 0 Å². The fraction of sp³-hybridized carbons (Fsp3) is 0.423. The minimum atomic E-state index is -0.521. The molecule has 13 heteroatoms. The van der Waals surface area contributed by atoms with Gasteiger partial charge in [-0.05, 0) is 26.0 Å². The number of anilines is 1. The van der Waals surface area contributed by atoms with Crippen LogP contribution in [0.15, 0.2) is 41.3 Å². The van der Waals surface area contributed by atoms with Crippen LogP contribution in [0, 0.1) is 10.1 Å². The first-order valence-corrected chi connectivity index (χ1v) is 13.4. The Kier molecular flexibility index (Phi) is 7.56. The van der Waals surface area contributed by atoms with E-state index in [9.17, 15) is 19.7 Å². The van der Waals surface area contributed by atoms with Crippen molar-refractivity contribution in [3.8, 4) is 0 Å². The number of nitro groups is 1. The van der Waals surface area contributed by atoms with Crippen molar-refractivity contribution < 1.29 is 24.0 Å². The number of amides is 2. The topological polar surface area (TPSA) is 143 Å². The van der Waals surface area contributed by atoms with Crippen molar-refractivity contribution in [1.82, 2.24) is 19.8 Å². The van der Waals surface area contributed by atoms with Crippen LogP contribution < -0.4 is 5.32 Å². The molecule has 4 atom stereocenters. The summed E-state index contributed by atoms with van der Waals surface area (Å²) in [5.41, 5.74) is 1.21. The number of fused-ring (bicyclic) bond motifs is 1. The fourth-order valence-corrected chi connectivity index (χ4v) is 5.84. The van der Waals surface area contributed by atoms with Gasteiger partial charge in [0.15, 0.2) is 0 Å². The Labute approximate surface area is 232 Å². The van der Waals surface area contributed by atoms with Crippen LogP contribution in [0.4, 0.5) is 11.4 Å². The van der Waals surface area contributed by atoms with Crippen molar-refractivity contribution in [3.63, 3.8) is 0 Å². The number of rotatable bonds is 6. The van der Waals surface area contributed by atoms with E-state index in [-0.39, 0.29) is 54.1 Å². The lowest BCUT2D eigenvalue weighted by Gasteiger charge is -2.35. The van der Waals surface area contributed by atoms with Gasteiger partial charge >= 0.3 is 0 Å². The van der Waals surface area contributed by atoms with Gasteiger partial charge in [0.2, 0.25) is 0 Å². The SMILES string of the molecule is CO[C@H]1CN(C(=O)c2cncc3[nH]ccc23)C[C@@H]1Nc1c(C(=O)N2C[C@@H](C)O[C@@H](C)C2)cc(Br)cc1[N+](=O)[O-]. The second-order valence-corrected chi connectivity index (χ2v) is 10.8. The van der Waals surface area contributed by atoms with Crippen LogP contribution in [0.5, 0.6) is 0 Å². The number of aromatic amines is 1. The zero-order chi connectivity index (χ0) is 27.8. The maximum Gasteiger partial charge on any atom is 0.294 e. The quantitative estimate of drug-likeness (QED) is 0.323. The van der Waals surface area contributed by atoms with Crippen LogP contribution in [-0.2, 0) is 9.47 Å². The van der Waals surface area contributed by atoms with Crippen molar-refractivity contribution in [3.05, 3.63) is 62.5 Å². The molecule has 2 amide bonds. The molecule has 4 heterocycles. The number of nitro benzene ring substituents is 1. The first-order valence-electron chi connectivity index (χ1n) is 12.6. The van der Waals surface area contributed by atoms with Crippen molar-refractivity contribution in [1.29, 1.82) is 0 Å². The standard InChI is InChI=1S/C26H29BrN6O6/c1-14-10-31(11-15(2)39-14)25(34)18-6-16(27)7-22(33(36)37)24(18)30-21-12-32(13-23(21)38-3)26(35)19-8-28-9-20-17(19)4-5-29-20/h4-9,14-15,21,23,29-30H,10-13H2,1-3H3/t14-,15+,21-,23-/m0/s1. The average Bonchev–Trinajstić information content (AvgIpc) is 3.54. The van der Waals surface area contributed by atoms with Crippen LogP contribution in [0.3, 0.4) is 0 Å². The summed E-state index contributed by atoms with van der Waals surface area (Å²) in [4.78, 5) is 49.3. The molecule has 0 saturated carbocycles. The van der Waals surface area contributed by atoms with Gasteiger partial charge in [-0.15, -0.1) is 0 Å². The summed E-state index contributed by atoms with van der Waals surface area (Å²) >= 11 is 3.33. The maximum atomic E-state index is 13.7. The molecule has 206 valence electrons. The Morgan fingerprint density at radius 3 is 2.51 bits per heavy atom. The molecular formula is C26H29BrN6O6. The zero-order valence-electron chi connectivity index (χ0n) is 21.7. The number of pyridine rings is 1. The highest BCUT2D eigenvalue weighted by Gasteiger charge is 2.39. The molecule has 2 aliphatic rings. The second-order valence-electron chi connectivity index (χ2n) is 9.93. The van der Waals surface area contributed by atoms with E-state index < -0.39 is 17.1 Å². The number of nitrogens with one attached hydrogen (secondary N) is 2. The van der Waals surface area contributed by atoms with Crippen molar-refractivity contribution >= 4 is 50.0 Å². The number of H-pyrrole nitrogens is 1. The first kappa shape index (κ1) is 27.0. The summed E-state index contributed by atoms with van der Waals surface area (Å²) in [5.74, 6) is -0.564. The van der Waals surface area contributed by atoms with E-state index in [1.54, 1.807) is 28.3 Å². The first-order chi connectivity index (χ1) is 18.7. The summed E-state index contributed by atoms with van der Waals surface area (Å²) in [5, 5.41) is 16.1. The minimum Gasteiger partial charge on any atom is -0.377 e. The van der Waals surface area contributed by atoms with Gasteiger partial charge in [0.05, 0.1) is 52.1 Å². The Balaban J connectivity index is 1.46. The monoisotopic (exact) mass is 600 g/mol. The molecule has 0 spiro atoms. The predicted octanol–water partition coefficient (Wildman–Crippen LogP) is 3.43. The van der Waals surface area contributed by atoms with E-state index in [0.717, 1.165) is 10.9 Å². The molecule has 12 nitrogen and oxygen atoms in total. The number of halogens is 1. The van der Waals surface area contributed by atoms with E-state index in [2.05, 4.69) is 31.2 Å². The number of carbonyl (C=O) groups excluding carboxylic acids is 2. The van der Waals surface area contributed by atoms with Crippen molar-refractivity contribution in [2.45, 2.75) is 38.2 Å². The van der Waals surface area contributed by atoms with E-state index in [1.807, 2.05) is 19.9 Å². The number of ether oxygens (including phenoxy) is 2. The molecule has 0 unspecified atom stereocenters. The Hall–Kier alpha value is -3.55. The van der Waals surface area contributed by atoms with Crippen molar-refractivity contribution in [2.24, 2.45) is 0 Å². The minimum absolute atomic E-state index is 0.0933. The van der Waals surface area contributed by atoms with Crippen LogP contribution in [-0.4, -0.2) is 94.1 Å². The Bertz CT molecular complexity index is 1420. The summed E-state index contributed by atoms with van der Waals surface area (Å²) in [7, 11) is 1.53. The molecule has 39 heavy (non-hydrogen) atoms. The number of benzene rings is 1. The van der Waals surface area contributed by atoms with Gasteiger partial charge in [0.1, 0.15) is 5.69 Å². The van der Waals surface area contributed by atoms with Gasteiger partial charge in [0.25, 0.3) is 17.5 Å². The summed E-state index contributed by atoms with van der Waals surface area (Å²) < 4.78 is 11.9. The Morgan fingerprint density at radius 1 is 1.13 bits per heavy atom. The number of methoxy groups -OCH3 is 1. The lowest BCUT2D eigenvalue weighted by atomic mass is 10.1. The van der Waals surface area contributed by atoms with E-state index in [4.69, 9.17) is 9.47 Å². The van der Waals surface area contributed by atoms with Crippen LogP contribution in [0.1, 0.15) is 34.6 Å². The number of aromatic nitrogens is 2. The van der Waals surface area contributed by atoms with E-state index in [0.29, 0.717) is 23.1 Å². The predicted molar refractivity (Wildman–Crippen MR) is 147 cm³/mol. The van der Waals surface area contributed by atoms with Crippen LogP contribution in [0.25, 0.3) is 10.9 Å². The van der Waals surface area contributed by atoms with Gasteiger partial charge in [-0.1, -0.05) is 15.9 Å². The normalized spacial score (nSPS) is 23.3. The van der Waals surface area contributed by atoms with Gasteiger partial charge < -0.3 is 29.6 Å². The average molecular weight is 601 g/mol. The van der Waals surface area contributed by atoms with Crippen molar-refractivity contribution in [2.75, 3.05) is 38.6 Å². The zero-order valence-corrected chi connectivity index (χ0v) is 23.3. The van der Waals surface area contributed by atoms with E-state index in [1.165, 1.54) is 19.4 Å². The summed E-state index contributed by atoms with van der Waals surface area (Å²) in [6.45, 7) is 4.98. The van der Waals surface area contributed by atoms with Gasteiger partial charge in [-0.3, -0.25) is 24.7 Å². The molecule has 2 saturated heterocycles. The van der Waals surface area contributed by atoms with E-state index >= 15 is 0 Å². The fourth-order valence-electron chi connectivity index (χ4n) is 5.39. The van der Waals surface area contributed by atoms with Crippen LogP contribution >= 0.6 is 15.9 Å². The third kappa shape index (κ3) is 5.34. The summed E-state index contributed by atoms with van der Waals surface area (Å²) in [6.07, 6.45) is 4.13. The molecule has 5 rings (SSSR count). The maximum absolute atomic E-state index is 13.7. The smallest absolute Gasteiger partial charge is 0.294 e. The highest BCUT2D eigenvalue weighted by Crippen LogP contribution is 2.36. The van der Waals surface area contributed by atoms with Gasteiger partial charge in [-0.2, -0.15) is 0 Å². The lowest BCUT2D eigenvalue weighted by molar-refractivity contribution is -0.384. The van der Waals surface area contributed by atoms with Gasteiger partial charge in [-0.25, -0.2) is 0 Å². The number of carbonyl (C=O) groups is 2. The molecule has 1 aromatic carbocycles. The Morgan fingerprint density at radius 2 is 1.82 bits per heavy atom. The van der Waals surface area contributed by atoms with Gasteiger partial charge in [0, 0.05) is 61.6 Å². The third-order valence-corrected chi connectivity index (χ3v) is 7.57. The molecule has 0 aliphatic carbocycles. The third-order valence-electron chi connectivity index (χ3n) is 7.11. The number of likely N-dealkylation sites (tertiary alicyclic amines) is 1. The molecule has 2 aliphatic heterocycles. The molecular weight excluding hydrogens is 572 g/mol. The number of morpholine rings is 1. The second kappa shape index (κ2) is 10.9. The number of hydrogen-bond donors (Lipinski definition) is 2. The lowest BCUT2D eigenvalue weighted by Crippen LogP contribution is -2.48. The highest BCUT2D eigenvalue weighted by molar-refractivity contribution is 9.10. The largest absolute Gasteiger partial charge is 0.377 e. The molecule has 0 bridgehead atoms. The molecule has 2 aromatic heterocycles. The number of hydrogen-bond acceptors (Lipinski definition) is 8. The number of nitrogens with zero attached hydrogens (tertiary/aromatic N) is 4. The molecule has 3 aromatic rings. The molecule has 0 radical (unpaired) electrons. The molecule has 2 N–H and O–H groups in total. The molecule has 2 fully saturated rings. The highest BCUT2D eigenvalue weighted by atomic mass is 79.9.